The van der Waals surface area contributed by atoms with Crippen LogP contribution in [0.25, 0.3) is 11.1 Å². The van der Waals surface area contributed by atoms with Gasteiger partial charge in [0, 0.05) is 31.6 Å². The van der Waals surface area contributed by atoms with Gasteiger partial charge in [-0.3, -0.25) is 4.79 Å². The van der Waals surface area contributed by atoms with E-state index in [1.807, 2.05) is 56.6 Å². The first-order valence-electron chi connectivity index (χ1n) is 14.7. The number of alkyl carbamates (subject to hydrolysis) is 1. The molecule has 9 heteroatoms. The minimum Gasteiger partial charge on any atom is -0.444 e. The summed E-state index contributed by atoms with van der Waals surface area (Å²) in [5, 5.41) is 10.6. The van der Waals surface area contributed by atoms with Gasteiger partial charge in [-0.15, -0.1) is 0 Å². The molecule has 1 aliphatic rings. The van der Waals surface area contributed by atoms with Crippen molar-refractivity contribution in [2.45, 2.75) is 111 Å². The van der Waals surface area contributed by atoms with Gasteiger partial charge in [0.25, 0.3) is 0 Å². The number of nitrogens with zero attached hydrogens (tertiary/aromatic N) is 2. The molecule has 1 heterocycles. The molecule has 1 aromatic carbocycles. The van der Waals surface area contributed by atoms with Crippen LogP contribution in [0.3, 0.4) is 0 Å². The molecule has 2 amide bonds. The van der Waals surface area contributed by atoms with Crippen molar-refractivity contribution in [2.75, 3.05) is 11.9 Å². The normalized spacial score (nSPS) is 18.7. The van der Waals surface area contributed by atoms with Crippen molar-refractivity contribution >= 4 is 25.8 Å². The van der Waals surface area contributed by atoms with Crippen molar-refractivity contribution in [2.24, 2.45) is 11.8 Å². The summed E-state index contributed by atoms with van der Waals surface area (Å²) in [6.45, 7) is 20.0. The molecular weight excluding hydrogens is 520 g/mol. The van der Waals surface area contributed by atoms with E-state index in [2.05, 4.69) is 44.1 Å². The molecule has 2 N–H and O–H groups in total. The Morgan fingerprint density at radius 3 is 2.27 bits per heavy atom. The Kier molecular flexibility index (Phi) is 10.6. The number of ether oxygens (including phenoxy) is 2. The van der Waals surface area contributed by atoms with Crippen LogP contribution in [0.1, 0.15) is 64.8 Å². The quantitative estimate of drug-likeness (QED) is 0.234. The molecule has 0 bridgehead atoms. The van der Waals surface area contributed by atoms with Gasteiger partial charge in [0.05, 0.1) is 5.69 Å². The van der Waals surface area contributed by atoms with Gasteiger partial charge >= 0.3 is 6.09 Å². The third-order valence-electron chi connectivity index (χ3n) is 7.52. The first-order chi connectivity index (χ1) is 18.6. The van der Waals surface area contributed by atoms with E-state index in [0.717, 1.165) is 60.8 Å². The molecule has 0 aliphatic heterocycles. The molecule has 222 valence electrons. The molecule has 8 nitrogen and oxygen atoms in total. The second kappa shape index (κ2) is 13.3. The maximum absolute atomic E-state index is 13.4. The second-order valence-electron chi connectivity index (χ2n) is 13.6. The van der Waals surface area contributed by atoms with Gasteiger partial charge in [0.1, 0.15) is 18.4 Å². The molecule has 0 spiro atoms. The average Bonchev–Trinajstić information content (AvgIpc) is 3.12. The first kappa shape index (κ1) is 31.9. The van der Waals surface area contributed by atoms with E-state index in [9.17, 15) is 9.59 Å². The highest BCUT2D eigenvalue weighted by Crippen LogP contribution is 2.32. The molecular formula is C31H50N4O4Si. The van der Waals surface area contributed by atoms with E-state index in [1.54, 1.807) is 0 Å². The lowest BCUT2D eigenvalue weighted by Gasteiger charge is -2.33. The Morgan fingerprint density at radius 2 is 1.70 bits per heavy atom. The molecule has 3 rings (SSSR count). The van der Waals surface area contributed by atoms with Crippen LogP contribution < -0.4 is 10.6 Å². The van der Waals surface area contributed by atoms with Gasteiger partial charge in [-0.2, -0.15) is 5.10 Å². The third-order valence-corrected chi connectivity index (χ3v) is 9.22. The predicted molar refractivity (Wildman–Crippen MR) is 164 cm³/mol. The summed E-state index contributed by atoms with van der Waals surface area (Å²) >= 11 is 0. The molecule has 1 atom stereocenters. The maximum Gasteiger partial charge on any atom is 0.408 e. The Hall–Kier alpha value is -2.65. The molecule has 1 aromatic heterocycles. The number of aromatic nitrogens is 2. The minimum absolute atomic E-state index is 0.0760. The highest BCUT2D eigenvalue weighted by molar-refractivity contribution is 6.76. The number of carbonyl (C=O) groups excluding carboxylic acids is 2. The Morgan fingerprint density at radius 1 is 1.07 bits per heavy atom. The average molecular weight is 571 g/mol. The van der Waals surface area contributed by atoms with Crippen LogP contribution in [0.5, 0.6) is 0 Å². The number of rotatable bonds is 10. The van der Waals surface area contributed by atoms with Gasteiger partial charge in [-0.1, -0.05) is 51.5 Å². The van der Waals surface area contributed by atoms with Crippen molar-refractivity contribution in [3.8, 4) is 11.1 Å². The van der Waals surface area contributed by atoms with Gasteiger partial charge in [-0.25, -0.2) is 9.48 Å². The van der Waals surface area contributed by atoms with Crippen molar-refractivity contribution in [3.63, 3.8) is 0 Å². The number of aryl methyl sites for hydroxylation is 1. The lowest BCUT2D eigenvalue weighted by atomic mass is 9.79. The van der Waals surface area contributed by atoms with Crippen molar-refractivity contribution in [3.05, 3.63) is 35.7 Å². The van der Waals surface area contributed by atoms with E-state index in [-0.39, 0.29) is 11.8 Å². The molecule has 0 radical (unpaired) electrons. The van der Waals surface area contributed by atoms with Gasteiger partial charge in [0.15, 0.2) is 0 Å². The number of hydrogen-bond donors (Lipinski definition) is 2. The monoisotopic (exact) mass is 570 g/mol. The summed E-state index contributed by atoms with van der Waals surface area (Å²) in [6, 6.07) is 8.29. The Labute approximate surface area is 241 Å². The molecule has 1 saturated carbocycles. The SMILES string of the molecule is Cc1nn(COCC[Si](C)(C)C)c(C)c1-c1ccc(NC(=O)[C@@H](NC(=O)OC(C)(C)C)C2CCC(C)CC2)cc1. The standard InChI is InChI=1S/C31H50N4O4Si/c1-21-10-12-25(13-11-21)28(33-30(37)39-31(4,5)6)29(36)32-26-16-14-24(15-17-26)27-22(2)34-35(23(27)3)20-38-18-19-40(7,8)9/h14-17,21,25,28H,10-13,18-20H2,1-9H3,(H,32,36)(H,33,37)/t21?,25?,28-/m0/s1. The largest absolute Gasteiger partial charge is 0.444 e. The van der Waals surface area contributed by atoms with E-state index >= 15 is 0 Å². The zero-order chi connectivity index (χ0) is 29.7. The number of hydrogen-bond acceptors (Lipinski definition) is 5. The zero-order valence-electron chi connectivity index (χ0n) is 26.0. The number of nitrogens with one attached hydrogen (secondary N) is 2. The fourth-order valence-electron chi connectivity index (χ4n) is 5.16. The van der Waals surface area contributed by atoms with Crippen molar-refractivity contribution in [1.29, 1.82) is 0 Å². The fourth-order valence-corrected chi connectivity index (χ4v) is 5.92. The van der Waals surface area contributed by atoms with E-state index in [4.69, 9.17) is 14.6 Å². The first-order valence-corrected chi connectivity index (χ1v) is 18.4. The zero-order valence-corrected chi connectivity index (χ0v) is 27.0. The molecule has 0 unspecified atom stereocenters. The van der Waals surface area contributed by atoms with Crippen molar-refractivity contribution < 1.29 is 19.1 Å². The molecule has 0 saturated heterocycles. The van der Waals surface area contributed by atoms with Crippen molar-refractivity contribution in [1.82, 2.24) is 15.1 Å². The number of amides is 2. The van der Waals surface area contributed by atoms with Gasteiger partial charge in [-0.05, 0) is 83.0 Å². The number of benzene rings is 1. The molecule has 2 aromatic rings. The van der Waals surface area contributed by atoms with Crippen LogP contribution in [-0.2, 0) is 21.0 Å². The van der Waals surface area contributed by atoms with E-state index < -0.39 is 25.8 Å². The highest BCUT2D eigenvalue weighted by atomic mass is 28.3. The van der Waals surface area contributed by atoms with E-state index in [1.165, 1.54) is 0 Å². The fraction of sp³-hybridized carbons (Fsp3) is 0.645. The lowest BCUT2D eigenvalue weighted by Crippen LogP contribution is -2.50. The molecule has 1 fully saturated rings. The smallest absolute Gasteiger partial charge is 0.408 e. The van der Waals surface area contributed by atoms with Gasteiger partial charge in [0.2, 0.25) is 5.91 Å². The predicted octanol–water partition coefficient (Wildman–Crippen LogP) is 7.14. The minimum atomic E-state index is -1.13. The number of carbonyl (C=O) groups is 2. The summed E-state index contributed by atoms with van der Waals surface area (Å²) in [5.74, 6) is 0.503. The summed E-state index contributed by atoms with van der Waals surface area (Å²) in [6.07, 6.45) is 3.34. The Bertz CT molecular complexity index is 1140. The molecule has 40 heavy (non-hydrogen) atoms. The summed E-state index contributed by atoms with van der Waals surface area (Å²) in [4.78, 5) is 26.0. The molecule has 1 aliphatic carbocycles. The highest BCUT2D eigenvalue weighted by Gasteiger charge is 2.33. The number of anilines is 1. The van der Waals surface area contributed by atoms with Crippen LogP contribution >= 0.6 is 0 Å². The maximum atomic E-state index is 13.4. The van der Waals surface area contributed by atoms with Crippen LogP contribution in [0.15, 0.2) is 24.3 Å². The summed E-state index contributed by atoms with van der Waals surface area (Å²) in [7, 11) is -1.13. The van der Waals surface area contributed by atoms with Gasteiger partial charge < -0.3 is 20.1 Å². The second-order valence-corrected chi connectivity index (χ2v) is 19.2. The summed E-state index contributed by atoms with van der Waals surface area (Å²) in [5.41, 5.74) is 4.16. The van der Waals surface area contributed by atoms with E-state index in [0.29, 0.717) is 18.3 Å². The van der Waals surface area contributed by atoms with Crippen LogP contribution in [-0.4, -0.2) is 48.1 Å². The third kappa shape index (κ3) is 9.47. The lowest BCUT2D eigenvalue weighted by molar-refractivity contribution is -0.119. The Balaban J connectivity index is 1.69. The summed E-state index contributed by atoms with van der Waals surface area (Å²) < 4.78 is 13.3. The van der Waals surface area contributed by atoms with Crippen LogP contribution in [0, 0.1) is 25.7 Å². The topological polar surface area (TPSA) is 94.5 Å². The van der Waals surface area contributed by atoms with Crippen LogP contribution in [0.2, 0.25) is 25.7 Å². The van der Waals surface area contributed by atoms with Crippen LogP contribution in [0.4, 0.5) is 10.5 Å².